The molecular formula is C24H32N4O2. The van der Waals surface area contributed by atoms with Crippen molar-refractivity contribution in [2.24, 2.45) is 11.7 Å². The van der Waals surface area contributed by atoms with Gasteiger partial charge in [-0.15, -0.1) is 0 Å². The zero-order valence-corrected chi connectivity index (χ0v) is 18.1. The van der Waals surface area contributed by atoms with Crippen molar-refractivity contribution >= 4 is 11.6 Å². The first-order valence-corrected chi connectivity index (χ1v) is 10.5. The number of para-hydroxylation sites is 1. The van der Waals surface area contributed by atoms with Crippen LogP contribution in [-0.2, 0) is 4.79 Å². The number of carbonyl (C=O) groups excluding carboxylic acids is 1. The molecule has 0 bridgehead atoms. The summed E-state index contributed by atoms with van der Waals surface area (Å²) in [7, 11) is 3.30. The van der Waals surface area contributed by atoms with Crippen LogP contribution in [0.5, 0.6) is 5.75 Å². The minimum Gasteiger partial charge on any atom is -0.496 e. The average Bonchev–Trinajstić information content (AvgIpc) is 2.78. The fourth-order valence-electron chi connectivity index (χ4n) is 4.22. The normalized spacial score (nSPS) is 19.6. The molecule has 0 radical (unpaired) electrons. The smallest absolute Gasteiger partial charge is 0.269 e. The van der Waals surface area contributed by atoms with Crippen LogP contribution in [0.2, 0.25) is 0 Å². The molecule has 160 valence electrons. The number of nitrogens with one attached hydrogen (secondary N) is 2. The quantitative estimate of drug-likeness (QED) is 0.612. The van der Waals surface area contributed by atoms with Crippen molar-refractivity contribution in [3.05, 3.63) is 65.1 Å². The van der Waals surface area contributed by atoms with Gasteiger partial charge in [0.25, 0.3) is 5.91 Å². The van der Waals surface area contributed by atoms with E-state index in [1.807, 2.05) is 37.4 Å². The van der Waals surface area contributed by atoms with Crippen molar-refractivity contribution in [2.75, 3.05) is 20.7 Å². The number of nitrogens with zero attached hydrogens (tertiary/aromatic N) is 1. The van der Waals surface area contributed by atoms with Crippen LogP contribution in [0.3, 0.4) is 0 Å². The minimum absolute atomic E-state index is 0.187. The Bertz CT molecular complexity index is 902. The Morgan fingerprint density at radius 3 is 2.60 bits per heavy atom. The number of aromatic nitrogens is 1. The number of amides is 1. The predicted molar refractivity (Wildman–Crippen MR) is 120 cm³/mol. The molecule has 6 nitrogen and oxygen atoms in total. The maximum Gasteiger partial charge on any atom is 0.269 e. The van der Waals surface area contributed by atoms with E-state index in [1.54, 1.807) is 14.2 Å². The number of likely N-dealkylation sites (N-methyl/N-ethyl adjacent to an activating group) is 1. The molecule has 0 saturated heterocycles. The van der Waals surface area contributed by atoms with E-state index in [0.29, 0.717) is 41.1 Å². The van der Waals surface area contributed by atoms with Crippen molar-refractivity contribution in [1.82, 2.24) is 15.6 Å². The van der Waals surface area contributed by atoms with Gasteiger partial charge in [0, 0.05) is 31.0 Å². The Balaban J connectivity index is 1.58. The van der Waals surface area contributed by atoms with Gasteiger partial charge in [-0.25, -0.2) is 0 Å². The van der Waals surface area contributed by atoms with E-state index >= 15 is 0 Å². The first-order chi connectivity index (χ1) is 14.5. The second-order valence-electron chi connectivity index (χ2n) is 7.90. The highest BCUT2D eigenvalue weighted by Crippen LogP contribution is 2.35. The van der Waals surface area contributed by atoms with E-state index < -0.39 is 0 Å². The number of benzene rings is 1. The van der Waals surface area contributed by atoms with Gasteiger partial charge in [-0.3, -0.25) is 9.78 Å². The molecule has 30 heavy (non-hydrogen) atoms. The molecule has 0 aliphatic heterocycles. The standard InChI is InChI=1S/C24H32N4O2/c1-16-14-19(12-13-27-16)18-10-8-17(9-11-18)15-28-24(29)23(26-2)22(25)20-6-4-5-7-21(20)30-3/h4-7,12-14,17-18,26H,8-11,15,25H2,1-3H3,(H,28,29)/b23-22-. The number of aryl methyl sites for hydroxylation is 1. The third-order valence-corrected chi connectivity index (χ3v) is 5.93. The number of rotatable bonds is 7. The van der Waals surface area contributed by atoms with E-state index in [0.717, 1.165) is 31.4 Å². The lowest BCUT2D eigenvalue weighted by molar-refractivity contribution is -0.118. The molecule has 1 aliphatic carbocycles. The molecule has 1 saturated carbocycles. The number of hydrogen-bond acceptors (Lipinski definition) is 5. The molecule has 1 aliphatic rings. The van der Waals surface area contributed by atoms with Crippen molar-refractivity contribution in [1.29, 1.82) is 0 Å². The summed E-state index contributed by atoms with van der Waals surface area (Å²) >= 11 is 0. The Hall–Kier alpha value is -3.02. The van der Waals surface area contributed by atoms with Crippen LogP contribution in [0.15, 0.2) is 48.3 Å². The molecular weight excluding hydrogens is 376 g/mol. The van der Waals surface area contributed by atoms with Gasteiger partial charge in [-0.1, -0.05) is 12.1 Å². The number of ether oxygens (including phenoxy) is 1. The van der Waals surface area contributed by atoms with Crippen LogP contribution >= 0.6 is 0 Å². The minimum atomic E-state index is -0.187. The second-order valence-corrected chi connectivity index (χ2v) is 7.90. The van der Waals surface area contributed by atoms with E-state index in [9.17, 15) is 4.79 Å². The Morgan fingerprint density at radius 1 is 1.20 bits per heavy atom. The molecule has 0 spiro atoms. The SMILES string of the molecule is CN/C(C(=O)NCC1CCC(c2ccnc(C)c2)CC1)=C(\N)c1ccccc1OC. The number of hydrogen-bond donors (Lipinski definition) is 3. The Kier molecular flexibility index (Phi) is 7.33. The molecule has 2 aromatic rings. The van der Waals surface area contributed by atoms with Gasteiger partial charge in [-0.05, 0) is 74.3 Å². The molecule has 0 atom stereocenters. The van der Waals surface area contributed by atoms with Crippen LogP contribution in [0, 0.1) is 12.8 Å². The summed E-state index contributed by atoms with van der Waals surface area (Å²) in [5, 5.41) is 6.02. The van der Waals surface area contributed by atoms with Crippen LogP contribution in [0.4, 0.5) is 0 Å². The summed E-state index contributed by atoms with van der Waals surface area (Å²) in [5.74, 6) is 1.53. The Labute approximate surface area is 178 Å². The molecule has 1 amide bonds. The molecule has 1 fully saturated rings. The molecule has 4 N–H and O–H groups in total. The average molecular weight is 409 g/mol. The van der Waals surface area contributed by atoms with Crippen molar-refractivity contribution in [3.8, 4) is 5.75 Å². The van der Waals surface area contributed by atoms with Crippen LogP contribution in [0.25, 0.3) is 5.70 Å². The highest BCUT2D eigenvalue weighted by atomic mass is 16.5. The molecule has 3 rings (SSSR count). The number of pyridine rings is 1. The maximum absolute atomic E-state index is 12.8. The van der Waals surface area contributed by atoms with Gasteiger partial charge in [0.05, 0.1) is 12.8 Å². The lowest BCUT2D eigenvalue weighted by Crippen LogP contribution is -2.36. The van der Waals surface area contributed by atoms with E-state index in [-0.39, 0.29) is 5.91 Å². The predicted octanol–water partition coefficient (Wildman–Crippen LogP) is 3.34. The monoisotopic (exact) mass is 408 g/mol. The first-order valence-electron chi connectivity index (χ1n) is 10.5. The van der Waals surface area contributed by atoms with E-state index in [4.69, 9.17) is 10.5 Å². The van der Waals surface area contributed by atoms with Gasteiger partial charge in [0.1, 0.15) is 11.4 Å². The number of carbonyl (C=O) groups is 1. The first kappa shape index (κ1) is 21.7. The van der Waals surface area contributed by atoms with E-state index in [2.05, 4.69) is 27.8 Å². The molecule has 6 heteroatoms. The molecule has 1 heterocycles. The summed E-state index contributed by atoms with van der Waals surface area (Å²) < 4.78 is 5.37. The third-order valence-electron chi connectivity index (χ3n) is 5.93. The zero-order chi connectivity index (χ0) is 21.5. The second kappa shape index (κ2) is 10.1. The number of methoxy groups -OCH3 is 1. The topological polar surface area (TPSA) is 89.3 Å². The van der Waals surface area contributed by atoms with Gasteiger partial charge in [-0.2, -0.15) is 0 Å². The van der Waals surface area contributed by atoms with Crippen LogP contribution < -0.4 is 21.1 Å². The van der Waals surface area contributed by atoms with Crippen molar-refractivity contribution in [3.63, 3.8) is 0 Å². The van der Waals surface area contributed by atoms with Crippen LogP contribution in [-0.4, -0.2) is 31.6 Å². The highest BCUT2D eigenvalue weighted by Gasteiger charge is 2.24. The summed E-state index contributed by atoms with van der Waals surface area (Å²) in [4.78, 5) is 17.1. The number of nitrogens with two attached hydrogens (primary N) is 1. The largest absolute Gasteiger partial charge is 0.496 e. The lowest BCUT2D eigenvalue weighted by atomic mass is 9.79. The van der Waals surface area contributed by atoms with Crippen molar-refractivity contribution < 1.29 is 9.53 Å². The highest BCUT2D eigenvalue weighted by molar-refractivity contribution is 6.00. The summed E-state index contributed by atoms with van der Waals surface area (Å²) in [6.45, 7) is 2.69. The fraction of sp³-hybridized carbons (Fsp3) is 0.417. The van der Waals surface area contributed by atoms with E-state index in [1.165, 1.54) is 5.56 Å². The van der Waals surface area contributed by atoms with Crippen LogP contribution in [0.1, 0.15) is 48.4 Å². The summed E-state index contributed by atoms with van der Waals surface area (Å²) in [6.07, 6.45) is 6.39. The van der Waals surface area contributed by atoms with Gasteiger partial charge in [0.2, 0.25) is 0 Å². The molecule has 1 aromatic carbocycles. The summed E-state index contributed by atoms with van der Waals surface area (Å²) in [5.41, 5.74) is 10.2. The van der Waals surface area contributed by atoms with Gasteiger partial charge in [0.15, 0.2) is 0 Å². The fourth-order valence-corrected chi connectivity index (χ4v) is 4.22. The summed E-state index contributed by atoms with van der Waals surface area (Å²) in [6, 6.07) is 11.7. The van der Waals surface area contributed by atoms with Gasteiger partial charge >= 0.3 is 0 Å². The van der Waals surface area contributed by atoms with Crippen molar-refractivity contribution in [2.45, 2.75) is 38.5 Å². The molecule has 1 aromatic heterocycles. The molecule has 0 unspecified atom stereocenters. The lowest BCUT2D eigenvalue weighted by Gasteiger charge is -2.29. The van der Waals surface area contributed by atoms with Gasteiger partial charge < -0.3 is 21.1 Å². The third kappa shape index (κ3) is 5.12. The maximum atomic E-state index is 12.8. The Morgan fingerprint density at radius 2 is 1.93 bits per heavy atom. The zero-order valence-electron chi connectivity index (χ0n) is 18.1.